The van der Waals surface area contributed by atoms with E-state index in [-0.39, 0.29) is 0 Å². The minimum atomic E-state index is 1.01. The summed E-state index contributed by atoms with van der Waals surface area (Å²) in [5.41, 5.74) is 1.15. The Labute approximate surface area is 63.3 Å². The van der Waals surface area contributed by atoms with Crippen LogP contribution in [0.3, 0.4) is 0 Å². The molecule has 3 rings (SSSR count). The predicted octanol–water partition coefficient (Wildman–Crippen LogP) is 1.25. The maximum absolute atomic E-state index is 4.20. The van der Waals surface area contributed by atoms with E-state index in [0.29, 0.717) is 0 Å². The maximum Gasteiger partial charge on any atom is 0.149 e. The number of pyridine rings is 1. The zero-order valence-corrected chi connectivity index (χ0v) is 5.73. The molecule has 0 amide bonds. The molecular formula is C8H5N3. The van der Waals surface area contributed by atoms with E-state index in [1.165, 1.54) is 0 Å². The van der Waals surface area contributed by atoms with Crippen LogP contribution in [0.5, 0.6) is 0 Å². The van der Waals surface area contributed by atoms with Crippen LogP contribution in [-0.4, -0.2) is 14.5 Å². The molecule has 0 radical (unpaired) electrons. The van der Waals surface area contributed by atoms with Crippen molar-refractivity contribution in [2.75, 3.05) is 0 Å². The van der Waals surface area contributed by atoms with Crippen LogP contribution in [-0.2, 0) is 0 Å². The van der Waals surface area contributed by atoms with Crippen molar-refractivity contribution in [2.45, 2.75) is 0 Å². The van der Waals surface area contributed by atoms with E-state index >= 15 is 0 Å². The Morgan fingerprint density at radius 3 is 3.18 bits per heavy atom. The Bertz CT molecular complexity index is 379. The lowest BCUT2D eigenvalue weighted by molar-refractivity contribution is 0.943. The predicted molar refractivity (Wildman–Crippen MR) is 40.4 cm³/mol. The van der Waals surface area contributed by atoms with Gasteiger partial charge < -0.3 is 0 Å². The van der Waals surface area contributed by atoms with Crippen LogP contribution >= 0.6 is 0 Å². The van der Waals surface area contributed by atoms with E-state index < -0.39 is 0 Å². The number of hydrogen-bond acceptors (Lipinski definition) is 2. The molecule has 0 N–H and O–H groups in total. The summed E-state index contributed by atoms with van der Waals surface area (Å²) in [7, 11) is 0. The first-order chi connectivity index (χ1) is 5.47. The van der Waals surface area contributed by atoms with Crippen molar-refractivity contribution in [1.29, 1.82) is 0 Å². The second kappa shape index (κ2) is 1.50. The van der Waals surface area contributed by atoms with Crippen molar-refractivity contribution < 1.29 is 0 Å². The van der Waals surface area contributed by atoms with Crippen LogP contribution in [0, 0.1) is 0 Å². The molecule has 0 atom stereocenters. The van der Waals surface area contributed by atoms with Crippen LogP contribution in [0.25, 0.3) is 17.2 Å². The zero-order chi connectivity index (χ0) is 7.26. The van der Waals surface area contributed by atoms with Crippen LogP contribution < -0.4 is 0 Å². The van der Waals surface area contributed by atoms with Gasteiger partial charge in [-0.3, -0.25) is 4.57 Å². The van der Waals surface area contributed by atoms with Gasteiger partial charge in [0.1, 0.15) is 11.6 Å². The molecule has 0 fully saturated rings. The van der Waals surface area contributed by atoms with Crippen LogP contribution in [0.4, 0.5) is 0 Å². The van der Waals surface area contributed by atoms with Crippen molar-refractivity contribution in [2.24, 2.45) is 0 Å². The molecule has 0 unspecified atom stereocenters. The second-order valence-corrected chi connectivity index (χ2v) is 2.50. The average molecular weight is 143 g/mol. The smallest absolute Gasteiger partial charge is 0.149 e. The number of hydrogen-bond donors (Lipinski definition) is 0. The minimum absolute atomic E-state index is 1.01. The highest BCUT2D eigenvalue weighted by molar-refractivity contribution is 5.75. The highest BCUT2D eigenvalue weighted by Gasteiger charge is 2.22. The van der Waals surface area contributed by atoms with Crippen molar-refractivity contribution in [3.05, 3.63) is 30.7 Å². The fourth-order valence-electron chi connectivity index (χ4n) is 1.38. The lowest BCUT2D eigenvalue weighted by Gasteiger charge is -2.18. The van der Waals surface area contributed by atoms with Gasteiger partial charge in [0.05, 0.1) is 5.56 Å². The molecule has 11 heavy (non-hydrogen) atoms. The van der Waals surface area contributed by atoms with E-state index in [1.807, 2.05) is 22.9 Å². The van der Waals surface area contributed by atoms with Gasteiger partial charge in [-0.2, -0.15) is 0 Å². The summed E-state index contributed by atoms with van der Waals surface area (Å²) in [6.45, 7) is 0. The van der Waals surface area contributed by atoms with Crippen LogP contribution in [0.1, 0.15) is 0 Å². The molecule has 3 heterocycles. The molecule has 1 aliphatic heterocycles. The molecule has 3 nitrogen and oxygen atoms in total. The molecule has 0 spiro atoms. The van der Waals surface area contributed by atoms with Crippen molar-refractivity contribution in [3.63, 3.8) is 0 Å². The summed E-state index contributed by atoms with van der Waals surface area (Å²) in [6.07, 6.45) is 5.50. The topological polar surface area (TPSA) is 30.7 Å². The van der Waals surface area contributed by atoms with Gasteiger partial charge in [0.25, 0.3) is 0 Å². The first-order valence-corrected chi connectivity index (χ1v) is 3.46. The SMILES string of the molecule is c1cnc2c(c1)-c1nccn1-2. The highest BCUT2D eigenvalue weighted by Crippen LogP contribution is 2.33. The van der Waals surface area contributed by atoms with E-state index in [1.54, 1.807) is 12.4 Å². The normalized spacial score (nSPS) is 11.6. The molecule has 2 aromatic heterocycles. The first kappa shape index (κ1) is 5.07. The number of aromatic nitrogens is 3. The summed E-state index contributed by atoms with van der Waals surface area (Å²) in [6, 6.07) is 3.96. The standard InChI is InChI=1S/C8H5N3/c1-2-6-7(9-3-1)11-5-4-10-8(6)11/h1-5H. The number of rotatable bonds is 0. The van der Waals surface area contributed by atoms with Crippen LogP contribution in [0.15, 0.2) is 30.7 Å². The van der Waals surface area contributed by atoms with Crippen molar-refractivity contribution >= 4 is 0 Å². The third kappa shape index (κ3) is 0.452. The van der Waals surface area contributed by atoms with Crippen molar-refractivity contribution in [1.82, 2.24) is 14.5 Å². The van der Waals surface area contributed by atoms with Crippen molar-refractivity contribution in [3.8, 4) is 17.2 Å². The summed E-state index contributed by atoms with van der Waals surface area (Å²) in [4.78, 5) is 8.37. The summed E-state index contributed by atoms with van der Waals surface area (Å²) in [5, 5.41) is 0. The van der Waals surface area contributed by atoms with Gasteiger partial charge in [-0.25, -0.2) is 9.97 Å². The van der Waals surface area contributed by atoms with E-state index in [4.69, 9.17) is 0 Å². The average Bonchev–Trinajstić information content (AvgIpc) is 2.44. The highest BCUT2D eigenvalue weighted by atomic mass is 15.2. The van der Waals surface area contributed by atoms with Gasteiger partial charge in [0, 0.05) is 18.6 Å². The maximum atomic E-state index is 4.20. The molecule has 1 aliphatic rings. The van der Waals surface area contributed by atoms with Crippen LogP contribution in [0.2, 0.25) is 0 Å². The minimum Gasteiger partial charge on any atom is -0.283 e. The fraction of sp³-hybridized carbons (Fsp3) is 0. The summed E-state index contributed by atoms with van der Waals surface area (Å²) >= 11 is 0. The molecule has 2 aromatic rings. The molecule has 0 saturated heterocycles. The Hall–Kier alpha value is -1.64. The van der Waals surface area contributed by atoms with Gasteiger partial charge in [0.2, 0.25) is 0 Å². The lowest BCUT2D eigenvalue weighted by Crippen LogP contribution is -2.10. The first-order valence-electron chi connectivity index (χ1n) is 3.46. The molecule has 0 saturated carbocycles. The van der Waals surface area contributed by atoms with E-state index in [0.717, 1.165) is 17.2 Å². The molecule has 0 aromatic carbocycles. The molecule has 3 heteroatoms. The fourth-order valence-corrected chi connectivity index (χ4v) is 1.38. The van der Waals surface area contributed by atoms with Gasteiger partial charge in [-0.15, -0.1) is 0 Å². The summed E-state index contributed by atoms with van der Waals surface area (Å²) in [5.74, 6) is 2.04. The molecular weight excluding hydrogens is 138 g/mol. The second-order valence-electron chi connectivity index (χ2n) is 2.50. The summed E-state index contributed by atoms with van der Waals surface area (Å²) < 4.78 is 1.98. The third-order valence-corrected chi connectivity index (χ3v) is 1.90. The number of imidazole rings is 1. The Morgan fingerprint density at radius 2 is 2.18 bits per heavy atom. The largest absolute Gasteiger partial charge is 0.283 e. The number of fused-ring (bicyclic) bond motifs is 4. The molecule has 52 valence electrons. The molecule has 0 bridgehead atoms. The Morgan fingerprint density at radius 1 is 1.18 bits per heavy atom. The Kier molecular flexibility index (Phi) is 0.692. The van der Waals surface area contributed by atoms with Gasteiger partial charge in [-0.05, 0) is 12.1 Å². The number of nitrogens with zero attached hydrogens (tertiary/aromatic N) is 3. The Balaban J connectivity index is 2.38. The molecule has 0 aliphatic carbocycles. The third-order valence-electron chi connectivity index (χ3n) is 1.90. The van der Waals surface area contributed by atoms with E-state index in [2.05, 4.69) is 9.97 Å². The quantitative estimate of drug-likeness (QED) is 0.474. The van der Waals surface area contributed by atoms with Gasteiger partial charge in [0.15, 0.2) is 0 Å². The van der Waals surface area contributed by atoms with Gasteiger partial charge in [-0.1, -0.05) is 0 Å². The zero-order valence-electron chi connectivity index (χ0n) is 5.73. The monoisotopic (exact) mass is 143 g/mol. The lowest BCUT2D eigenvalue weighted by atomic mass is 10.1. The van der Waals surface area contributed by atoms with Gasteiger partial charge >= 0.3 is 0 Å². The van der Waals surface area contributed by atoms with E-state index in [9.17, 15) is 0 Å².